The Labute approximate surface area is 125 Å². The molecule has 0 aliphatic heterocycles. The van der Waals surface area contributed by atoms with E-state index < -0.39 is 16.1 Å². The molecule has 7 heteroatoms. The Hall–Kier alpha value is -1.15. The Balaban J connectivity index is 2.24. The third-order valence-corrected chi connectivity index (χ3v) is 5.13. The summed E-state index contributed by atoms with van der Waals surface area (Å²) in [5.41, 5.74) is 6.73. The number of ether oxygens (including phenoxy) is 2. The minimum Gasteiger partial charge on any atom is -0.495 e. The molecule has 0 saturated heterocycles. The molecule has 0 heterocycles. The van der Waals surface area contributed by atoms with Crippen LogP contribution in [0, 0.1) is 6.92 Å². The predicted molar refractivity (Wildman–Crippen MR) is 79.8 cm³/mol. The Morgan fingerprint density at radius 3 is 2.71 bits per heavy atom. The summed E-state index contributed by atoms with van der Waals surface area (Å²) in [7, 11) is -2.26. The number of methoxy groups -OCH3 is 1. The number of rotatable bonds is 6. The minimum atomic E-state index is -3.70. The molecule has 0 amide bonds. The second kappa shape index (κ2) is 6.31. The Morgan fingerprint density at radius 1 is 1.43 bits per heavy atom. The number of benzene rings is 1. The quantitative estimate of drug-likeness (QED) is 0.810. The van der Waals surface area contributed by atoms with Crippen LogP contribution in [0.5, 0.6) is 5.75 Å². The highest BCUT2D eigenvalue weighted by Crippen LogP contribution is 2.28. The Bertz CT molecular complexity index is 601. The van der Waals surface area contributed by atoms with Gasteiger partial charge in [0.15, 0.2) is 0 Å². The van der Waals surface area contributed by atoms with Crippen molar-refractivity contribution in [1.82, 2.24) is 4.72 Å². The first-order valence-electron chi connectivity index (χ1n) is 6.93. The van der Waals surface area contributed by atoms with Crippen molar-refractivity contribution in [2.75, 3.05) is 13.7 Å². The largest absolute Gasteiger partial charge is 0.495 e. The van der Waals surface area contributed by atoms with Crippen LogP contribution in [-0.4, -0.2) is 40.3 Å². The molecule has 0 bridgehead atoms. The molecule has 1 fully saturated rings. The van der Waals surface area contributed by atoms with Gasteiger partial charge in [0.25, 0.3) is 0 Å². The number of hydrogen-bond donors (Lipinski definition) is 2. The monoisotopic (exact) mass is 314 g/mol. The second-order valence-corrected chi connectivity index (χ2v) is 6.88. The van der Waals surface area contributed by atoms with Crippen LogP contribution in [0.1, 0.15) is 18.9 Å². The van der Waals surface area contributed by atoms with E-state index in [0.29, 0.717) is 18.8 Å². The summed E-state index contributed by atoms with van der Waals surface area (Å²) >= 11 is 0. The zero-order chi connectivity index (χ0) is 15.6. The fourth-order valence-corrected chi connectivity index (χ4v) is 4.00. The van der Waals surface area contributed by atoms with Gasteiger partial charge in [-0.2, -0.15) is 0 Å². The van der Waals surface area contributed by atoms with E-state index in [1.165, 1.54) is 7.11 Å². The molecule has 1 saturated carbocycles. The van der Waals surface area contributed by atoms with E-state index in [-0.39, 0.29) is 17.0 Å². The first-order chi connectivity index (χ1) is 9.89. The van der Waals surface area contributed by atoms with E-state index in [1.54, 1.807) is 18.2 Å². The zero-order valence-corrected chi connectivity index (χ0v) is 13.3. The molecule has 118 valence electrons. The van der Waals surface area contributed by atoms with E-state index in [9.17, 15) is 8.42 Å². The highest BCUT2D eigenvalue weighted by atomic mass is 32.2. The fourth-order valence-electron chi connectivity index (χ4n) is 2.43. The molecule has 6 nitrogen and oxygen atoms in total. The first kappa shape index (κ1) is 16.2. The van der Waals surface area contributed by atoms with Gasteiger partial charge in [0.05, 0.1) is 19.3 Å². The van der Waals surface area contributed by atoms with Crippen molar-refractivity contribution in [3.05, 3.63) is 23.8 Å². The lowest BCUT2D eigenvalue weighted by Gasteiger charge is -2.42. The van der Waals surface area contributed by atoms with Gasteiger partial charge in [0, 0.05) is 12.6 Å². The van der Waals surface area contributed by atoms with Crippen molar-refractivity contribution in [2.45, 2.75) is 43.4 Å². The summed E-state index contributed by atoms with van der Waals surface area (Å²) in [5, 5.41) is 0. The third kappa shape index (κ3) is 3.37. The van der Waals surface area contributed by atoms with Crippen LogP contribution in [0.2, 0.25) is 0 Å². The van der Waals surface area contributed by atoms with Crippen molar-refractivity contribution in [2.24, 2.45) is 5.73 Å². The number of sulfonamides is 1. The summed E-state index contributed by atoms with van der Waals surface area (Å²) in [6, 6.07) is 4.40. The van der Waals surface area contributed by atoms with E-state index in [1.807, 2.05) is 13.8 Å². The number of nitrogens with one attached hydrogen (secondary N) is 1. The normalized spacial score (nSPS) is 25.4. The smallest absolute Gasteiger partial charge is 0.244 e. The summed E-state index contributed by atoms with van der Waals surface area (Å²) in [6.45, 7) is 4.24. The van der Waals surface area contributed by atoms with E-state index in [4.69, 9.17) is 15.2 Å². The average Bonchev–Trinajstić information content (AvgIpc) is 2.45. The molecule has 0 aromatic heterocycles. The molecule has 3 unspecified atom stereocenters. The summed E-state index contributed by atoms with van der Waals surface area (Å²) in [5.74, 6) is 0.314. The molecule has 2 rings (SSSR count). The SMILES string of the molecule is CCOC1CC(N)C1NS(=O)(=O)c1cc(C)ccc1OC. The van der Waals surface area contributed by atoms with Crippen molar-refractivity contribution in [3.8, 4) is 5.75 Å². The van der Waals surface area contributed by atoms with E-state index >= 15 is 0 Å². The van der Waals surface area contributed by atoms with Gasteiger partial charge >= 0.3 is 0 Å². The van der Waals surface area contributed by atoms with Crippen LogP contribution >= 0.6 is 0 Å². The minimum absolute atomic E-state index is 0.124. The molecule has 3 N–H and O–H groups in total. The maximum absolute atomic E-state index is 12.6. The standard InChI is InChI=1S/C14H22N2O4S/c1-4-20-12-8-10(15)14(12)16-21(17,18)13-7-9(2)5-6-11(13)19-3/h5-7,10,12,14,16H,4,8,15H2,1-3H3. The number of nitrogens with two attached hydrogens (primary N) is 1. The van der Waals surface area contributed by atoms with Gasteiger partial charge in [-0.15, -0.1) is 0 Å². The zero-order valence-electron chi connectivity index (χ0n) is 12.5. The van der Waals surface area contributed by atoms with Gasteiger partial charge in [-0.05, 0) is 38.0 Å². The van der Waals surface area contributed by atoms with Crippen LogP contribution in [0.25, 0.3) is 0 Å². The summed E-state index contributed by atoms with van der Waals surface area (Å²) < 4.78 is 38.4. The van der Waals surface area contributed by atoms with Crippen molar-refractivity contribution in [1.29, 1.82) is 0 Å². The number of hydrogen-bond acceptors (Lipinski definition) is 5. The fraction of sp³-hybridized carbons (Fsp3) is 0.571. The molecule has 0 radical (unpaired) electrons. The molecule has 1 aromatic rings. The molecule has 1 aliphatic carbocycles. The lowest BCUT2D eigenvalue weighted by Crippen LogP contribution is -2.64. The lowest BCUT2D eigenvalue weighted by atomic mass is 9.84. The summed E-state index contributed by atoms with van der Waals surface area (Å²) in [6.07, 6.45) is 0.488. The van der Waals surface area contributed by atoms with Crippen LogP contribution < -0.4 is 15.2 Å². The second-order valence-electron chi connectivity index (χ2n) is 5.19. The molecule has 1 aromatic carbocycles. The van der Waals surface area contributed by atoms with Crippen LogP contribution in [-0.2, 0) is 14.8 Å². The van der Waals surface area contributed by atoms with Crippen molar-refractivity contribution in [3.63, 3.8) is 0 Å². The molecular weight excluding hydrogens is 292 g/mol. The van der Waals surface area contributed by atoms with E-state index in [2.05, 4.69) is 4.72 Å². The van der Waals surface area contributed by atoms with E-state index in [0.717, 1.165) is 5.56 Å². The van der Waals surface area contributed by atoms with Crippen LogP contribution in [0.15, 0.2) is 23.1 Å². The molecule has 0 spiro atoms. The van der Waals surface area contributed by atoms with Gasteiger partial charge in [0.2, 0.25) is 10.0 Å². The maximum Gasteiger partial charge on any atom is 0.244 e. The van der Waals surface area contributed by atoms with Gasteiger partial charge in [-0.25, -0.2) is 13.1 Å². The first-order valence-corrected chi connectivity index (χ1v) is 8.41. The van der Waals surface area contributed by atoms with Gasteiger partial charge in [-0.3, -0.25) is 0 Å². The topological polar surface area (TPSA) is 90.6 Å². The maximum atomic E-state index is 12.6. The Kier molecular flexibility index (Phi) is 4.88. The third-order valence-electron chi connectivity index (χ3n) is 3.65. The molecule has 3 atom stereocenters. The highest BCUT2D eigenvalue weighted by molar-refractivity contribution is 7.89. The molecular formula is C14H22N2O4S. The molecule has 1 aliphatic rings. The van der Waals surface area contributed by atoms with Crippen molar-refractivity contribution >= 4 is 10.0 Å². The van der Waals surface area contributed by atoms with Crippen LogP contribution in [0.4, 0.5) is 0 Å². The average molecular weight is 314 g/mol. The lowest BCUT2D eigenvalue weighted by molar-refractivity contribution is -0.0248. The van der Waals surface area contributed by atoms with Gasteiger partial charge in [0.1, 0.15) is 10.6 Å². The highest BCUT2D eigenvalue weighted by Gasteiger charge is 2.42. The van der Waals surface area contributed by atoms with Crippen molar-refractivity contribution < 1.29 is 17.9 Å². The van der Waals surface area contributed by atoms with Gasteiger partial charge in [-0.1, -0.05) is 6.07 Å². The Morgan fingerprint density at radius 2 is 2.14 bits per heavy atom. The van der Waals surface area contributed by atoms with Gasteiger partial charge < -0.3 is 15.2 Å². The summed E-state index contributed by atoms with van der Waals surface area (Å²) in [4.78, 5) is 0.124. The van der Waals surface area contributed by atoms with Crippen LogP contribution in [0.3, 0.4) is 0 Å². The molecule has 21 heavy (non-hydrogen) atoms. The predicted octanol–water partition coefficient (Wildman–Crippen LogP) is 0.787. The number of aryl methyl sites for hydroxylation is 1.